The lowest BCUT2D eigenvalue weighted by Gasteiger charge is -2.15. The molecule has 2 N–H and O–H groups in total. The summed E-state index contributed by atoms with van der Waals surface area (Å²) in [6, 6.07) is 12.4. The first kappa shape index (κ1) is 19.2. The van der Waals surface area contributed by atoms with Crippen LogP contribution in [0.2, 0.25) is 5.02 Å². The molecule has 9 heteroatoms. The van der Waals surface area contributed by atoms with Crippen LogP contribution in [0.3, 0.4) is 0 Å². The van der Waals surface area contributed by atoms with Crippen molar-refractivity contribution in [3.63, 3.8) is 0 Å². The minimum Gasteiger partial charge on any atom is -0.474 e. The van der Waals surface area contributed by atoms with Crippen molar-refractivity contribution < 1.29 is 19.2 Å². The lowest BCUT2D eigenvalue weighted by atomic mass is 10.1. The molecule has 2 aromatic rings. The van der Waals surface area contributed by atoms with Crippen LogP contribution in [0.25, 0.3) is 0 Å². The van der Waals surface area contributed by atoms with Gasteiger partial charge >= 0.3 is 5.69 Å². The van der Waals surface area contributed by atoms with E-state index in [1.165, 1.54) is 25.1 Å². The average Bonchev–Trinajstić information content (AvgIpc) is 2.61. The summed E-state index contributed by atoms with van der Waals surface area (Å²) in [6.07, 6.45) is -0.997. The molecule has 0 saturated heterocycles. The third-order valence-corrected chi connectivity index (χ3v) is 3.59. The number of ether oxygens (including phenoxy) is 1. The number of nitro benzene ring substituents is 1. The largest absolute Gasteiger partial charge is 0.474 e. The molecule has 1 atom stereocenters. The first-order valence-electron chi connectivity index (χ1n) is 7.60. The van der Waals surface area contributed by atoms with Gasteiger partial charge in [0.15, 0.2) is 11.9 Å². The maximum atomic E-state index is 12.0. The quantitative estimate of drug-likeness (QED) is 0.593. The maximum Gasteiger partial charge on any atom is 0.310 e. The van der Waals surface area contributed by atoms with E-state index in [2.05, 4.69) is 10.9 Å². The number of hydrogen-bond acceptors (Lipinski definition) is 5. The van der Waals surface area contributed by atoms with Gasteiger partial charge in [-0.3, -0.25) is 30.6 Å². The lowest BCUT2D eigenvalue weighted by Crippen LogP contribution is -2.47. The van der Waals surface area contributed by atoms with E-state index in [9.17, 15) is 19.7 Å². The number of rotatable bonds is 6. The normalized spacial score (nSPS) is 11.3. The molecule has 2 amide bonds. The molecule has 136 valence electrons. The highest BCUT2D eigenvalue weighted by molar-refractivity contribution is 6.30. The van der Waals surface area contributed by atoms with Gasteiger partial charge in [0.25, 0.3) is 5.91 Å². The number of nitrogens with zero attached hydrogens (tertiary/aromatic N) is 1. The molecule has 2 rings (SSSR count). The Labute approximate surface area is 154 Å². The van der Waals surface area contributed by atoms with Crippen molar-refractivity contribution >= 4 is 29.1 Å². The van der Waals surface area contributed by atoms with Crippen molar-refractivity contribution in [1.29, 1.82) is 0 Å². The lowest BCUT2D eigenvalue weighted by molar-refractivity contribution is -0.386. The van der Waals surface area contributed by atoms with E-state index in [1.54, 1.807) is 30.3 Å². The fourth-order valence-corrected chi connectivity index (χ4v) is 2.14. The van der Waals surface area contributed by atoms with E-state index in [0.29, 0.717) is 5.02 Å². The first-order valence-corrected chi connectivity index (χ1v) is 7.98. The van der Waals surface area contributed by atoms with Crippen LogP contribution in [0.5, 0.6) is 5.75 Å². The van der Waals surface area contributed by atoms with Crippen molar-refractivity contribution in [3.05, 3.63) is 69.2 Å². The summed E-state index contributed by atoms with van der Waals surface area (Å²) in [6.45, 7) is 1.41. The second kappa shape index (κ2) is 8.82. The van der Waals surface area contributed by atoms with E-state index in [4.69, 9.17) is 16.3 Å². The molecule has 0 saturated carbocycles. The van der Waals surface area contributed by atoms with E-state index < -0.39 is 22.8 Å². The number of hydrazine groups is 1. The zero-order valence-corrected chi connectivity index (χ0v) is 14.5. The Kier molecular flexibility index (Phi) is 6.51. The Morgan fingerprint density at radius 3 is 2.46 bits per heavy atom. The molecule has 0 fully saturated rings. The Balaban J connectivity index is 1.86. The number of benzene rings is 2. The molecule has 0 heterocycles. The van der Waals surface area contributed by atoms with Crippen LogP contribution >= 0.6 is 11.6 Å². The van der Waals surface area contributed by atoms with Crippen LogP contribution in [0.15, 0.2) is 48.5 Å². The zero-order chi connectivity index (χ0) is 19.1. The molecule has 8 nitrogen and oxygen atoms in total. The van der Waals surface area contributed by atoms with Gasteiger partial charge in [-0.2, -0.15) is 0 Å². The molecule has 26 heavy (non-hydrogen) atoms. The number of nitrogens with one attached hydrogen (secondary N) is 2. The summed E-state index contributed by atoms with van der Waals surface area (Å²) in [4.78, 5) is 34.2. The molecule has 0 radical (unpaired) electrons. The number of carbonyl (C=O) groups excluding carboxylic acids is 2. The van der Waals surface area contributed by atoms with Gasteiger partial charge in [0.2, 0.25) is 5.91 Å². The van der Waals surface area contributed by atoms with E-state index in [-0.39, 0.29) is 17.9 Å². The van der Waals surface area contributed by atoms with Gasteiger partial charge in [-0.1, -0.05) is 35.9 Å². The smallest absolute Gasteiger partial charge is 0.310 e. The van der Waals surface area contributed by atoms with Gasteiger partial charge in [0.1, 0.15) is 0 Å². The first-order chi connectivity index (χ1) is 12.4. The summed E-state index contributed by atoms with van der Waals surface area (Å²) in [5, 5.41) is 11.5. The number of nitro groups is 1. The summed E-state index contributed by atoms with van der Waals surface area (Å²) >= 11 is 5.77. The second-order valence-corrected chi connectivity index (χ2v) is 5.76. The highest BCUT2D eigenvalue weighted by Crippen LogP contribution is 2.26. The minimum atomic E-state index is -1.05. The fraction of sp³-hybridized carbons (Fsp3) is 0.176. The van der Waals surface area contributed by atoms with Crippen LogP contribution in [0, 0.1) is 10.1 Å². The third kappa shape index (κ3) is 5.45. The van der Waals surface area contributed by atoms with E-state index in [0.717, 1.165) is 5.56 Å². The Hall–Kier alpha value is -3.13. The van der Waals surface area contributed by atoms with Crippen LogP contribution in [-0.2, 0) is 16.0 Å². The Bertz CT molecular complexity index is 810. The molecule has 0 aliphatic heterocycles. The molecule has 0 aliphatic carbocycles. The third-order valence-electron chi connectivity index (χ3n) is 3.34. The van der Waals surface area contributed by atoms with Crippen LogP contribution in [-0.4, -0.2) is 22.8 Å². The molecular formula is C17H16ClN3O5. The van der Waals surface area contributed by atoms with E-state index in [1.807, 2.05) is 0 Å². The van der Waals surface area contributed by atoms with E-state index >= 15 is 0 Å². The Morgan fingerprint density at radius 2 is 1.81 bits per heavy atom. The number of para-hydroxylation sites is 2. The van der Waals surface area contributed by atoms with Gasteiger partial charge in [0.05, 0.1) is 11.3 Å². The highest BCUT2D eigenvalue weighted by atomic mass is 35.5. The Morgan fingerprint density at radius 1 is 1.15 bits per heavy atom. The van der Waals surface area contributed by atoms with Gasteiger partial charge in [-0.05, 0) is 30.7 Å². The molecule has 0 spiro atoms. The molecular weight excluding hydrogens is 362 g/mol. The average molecular weight is 378 g/mol. The molecule has 2 aromatic carbocycles. The minimum absolute atomic E-state index is 0.0346. The van der Waals surface area contributed by atoms with Gasteiger partial charge in [-0.15, -0.1) is 0 Å². The van der Waals surface area contributed by atoms with Crippen molar-refractivity contribution in [2.75, 3.05) is 0 Å². The summed E-state index contributed by atoms with van der Waals surface area (Å²) in [7, 11) is 0. The SMILES string of the molecule is CC(Oc1ccccc1[N+](=O)[O-])C(=O)NNC(=O)Cc1ccc(Cl)cc1. The monoisotopic (exact) mass is 377 g/mol. The molecule has 0 aliphatic rings. The number of amides is 2. The second-order valence-electron chi connectivity index (χ2n) is 5.33. The van der Waals surface area contributed by atoms with Crippen molar-refractivity contribution in [3.8, 4) is 5.75 Å². The standard InChI is InChI=1S/C17H16ClN3O5/c1-11(26-15-5-3-2-4-14(15)21(24)25)17(23)20-19-16(22)10-12-6-8-13(18)9-7-12/h2-9,11H,10H2,1H3,(H,19,22)(H,20,23). The number of hydrogen-bond donors (Lipinski definition) is 2. The fourth-order valence-electron chi connectivity index (χ4n) is 2.02. The van der Waals surface area contributed by atoms with Gasteiger partial charge < -0.3 is 4.74 Å². The highest BCUT2D eigenvalue weighted by Gasteiger charge is 2.20. The summed E-state index contributed by atoms with van der Waals surface area (Å²) in [5.74, 6) is -1.11. The number of halogens is 1. The topological polar surface area (TPSA) is 111 Å². The van der Waals surface area contributed by atoms with Crippen molar-refractivity contribution in [2.45, 2.75) is 19.4 Å². The summed E-state index contributed by atoms with van der Waals surface area (Å²) < 4.78 is 5.31. The molecule has 0 aromatic heterocycles. The van der Waals surface area contributed by atoms with Crippen LogP contribution in [0.4, 0.5) is 5.69 Å². The number of carbonyl (C=O) groups is 2. The molecule has 0 bridgehead atoms. The van der Waals surface area contributed by atoms with Gasteiger partial charge in [-0.25, -0.2) is 0 Å². The summed E-state index contributed by atoms with van der Waals surface area (Å²) in [5.41, 5.74) is 4.96. The van der Waals surface area contributed by atoms with Crippen LogP contribution < -0.4 is 15.6 Å². The van der Waals surface area contributed by atoms with Crippen molar-refractivity contribution in [1.82, 2.24) is 10.9 Å². The predicted molar refractivity (Wildman–Crippen MR) is 94.6 cm³/mol. The maximum absolute atomic E-state index is 12.0. The van der Waals surface area contributed by atoms with Crippen molar-refractivity contribution in [2.24, 2.45) is 0 Å². The zero-order valence-electron chi connectivity index (χ0n) is 13.8. The predicted octanol–water partition coefficient (Wildman–Crippen LogP) is 2.41. The van der Waals surface area contributed by atoms with Gasteiger partial charge in [0, 0.05) is 11.1 Å². The van der Waals surface area contributed by atoms with Crippen LogP contribution in [0.1, 0.15) is 12.5 Å². The molecule has 1 unspecified atom stereocenters.